The Labute approximate surface area is 178 Å². The zero-order chi connectivity index (χ0) is 19.5. The highest BCUT2D eigenvalue weighted by Crippen LogP contribution is 2.25. The molecule has 1 N–H and O–H groups in total. The van der Waals surface area contributed by atoms with Gasteiger partial charge in [-0.15, -0.1) is 12.4 Å². The number of hydrogen-bond acceptors (Lipinski definition) is 3. The van der Waals surface area contributed by atoms with Crippen molar-refractivity contribution in [1.82, 2.24) is 15.1 Å². The van der Waals surface area contributed by atoms with Crippen LogP contribution in [0.15, 0.2) is 42.5 Å². The van der Waals surface area contributed by atoms with Crippen molar-refractivity contribution in [3.63, 3.8) is 0 Å². The van der Waals surface area contributed by atoms with E-state index in [1.165, 1.54) is 0 Å². The summed E-state index contributed by atoms with van der Waals surface area (Å²) in [4.78, 5) is 30.0. The van der Waals surface area contributed by atoms with E-state index in [1.807, 2.05) is 59.3 Å². The lowest BCUT2D eigenvalue weighted by molar-refractivity contribution is -0.138. The summed E-state index contributed by atoms with van der Waals surface area (Å²) in [5.74, 6) is 0.403. The van der Waals surface area contributed by atoms with Crippen molar-refractivity contribution < 1.29 is 9.59 Å². The van der Waals surface area contributed by atoms with Crippen molar-refractivity contribution in [2.45, 2.75) is 31.7 Å². The van der Waals surface area contributed by atoms with Gasteiger partial charge in [0.25, 0.3) is 5.91 Å². The number of halogens is 1. The van der Waals surface area contributed by atoms with Crippen molar-refractivity contribution in [3.8, 4) is 0 Å². The maximum absolute atomic E-state index is 13.1. The molecule has 29 heavy (non-hydrogen) atoms. The molecule has 2 aromatic carbocycles. The summed E-state index contributed by atoms with van der Waals surface area (Å²) in [6.07, 6.45) is 3.72. The number of likely N-dealkylation sites (tertiary alicyclic amines) is 2. The van der Waals surface area contributed by atoms with Crippen LogP contribution in [0.4, 0.5) is 0 Å². The van der Waals surface area contributed by atoms with Gasteiger partial charge in [0.15, 0.2) is 0 Å². The molecule has 0 bridgehead atoms. The minimum Gasteiger partial charge on any atom is -0.341 e. The summed E-state index contributed by atoms with van der Waals surface area (Å²) >= 11 is 0. The predicted octanol–water partition coefficient (Wildman–Crippen LogP) is 3.32. The molecule has 2 fully saturated rings. The van der Waals surface area contributed by atoms with Gasteiger partial charge in [-0.05, 0) is 49.6 Å². The molecule has 2 saturated heterocycles. The molecule has 2 aliphatic rings. The second-order valence-corrected chi connectivity index (χ2v) is 8.01. The van der Waals surface area contributed by atoms with Crippen LogP contribution >= 0.6 is 12.4 Å². The first-order valence-corrected chi connectivity index (χ1v) is 10.4. The van der Waals surface area contributed by atoms with Gasteiger partial charge in [0, 0.05) is 43.7 Å². The average molecular weight is 416 g/mol. The SMILES string of the molecule is CNC1CCCN(C(=O)C2CCN(C(=O)c3cccc4ccccc34)CC2)C1.Cl. The van der Waals surface area contributed by atoms with E-state index in [0.717, 1.165) is 55.1 Å². The number of hydrogen-bond donors (Lipinski definition) is 1. The monoisotopic (exact) mass is 415 g/mol. The number of nitrogens with one attached hydrogen (secondary N) is 1. The predicted molar refractivity (Wildman–Crippen MR) is 118 cm³/mol. The minimum absolute atomic E-state index is 0. The second kappa shape index (κ2) is 9.59. The van der Waals surface area contributed by atoms with Crippen LogP contribution in [0.25, 0.3) is 10.8 Å². The molecule has 0 aliphatic carbocycles. The van der Waals surface area contributed by atoms with Crippen molar-refractivity contribution in [2.75, 3.05) is 33.2 Å². The number of carbonyl (C=O) groups is 2. The van der Waals surface area contributed by atoms with Crippen molar-refractivity contribution in [2.24, 2.45) is 5.92 Å². The van der Waals surface area contributed by atoms with Crippen LogP contribution in [0.1, 0.15) is 36.0 Å². The zero-order valence-corrected chi connectivity index (χ0v) is 17.8. The topological polar surface area (TPSA) is 52.7 Å². The van der Waals surface area contributed by atoms with Gasteiger partial charge in [0.05, 0.1) is 0 Å². The Balaban J connectivity index is 0.00000240. The number of nitrogens with zero attached hydrogens (tertiary/aromatic N) is 2. The molecule has 1 unspecified atom stereocenters. The molecule has 5 nitrogen and oxygen atoms in total. The molecule has 0 aromatic heterocycles. The van der Waals surface area contributed by atoms with Gasteiger partial charge in [-0.2, -0.15) is 0 Å². The highest BCUT2D eigenvalue weighted by Gasteiger charge is 2.32. The van der Waals surface area contributed by atoms with E-state index < -0.39 is 0 Å². The van der Waals surface area contributed by atoms with E-state index >= 15 is 0 Å². The van der Waals surface area contributed by atoms with Gasteiger partial charge < -0.3 is 15.1 Å². The number of likely N-dealkylation sites (N-methyl/N-ethyl adjacent to an activating group) is 1. The molecule has 1 atom stereocenters. The van der Waals surface area contributed by atoms with Crippen LogP contribution in [0, 0.1) is 5.92 Å². The Morgan fingerprint density at radius 3 is 2.41 bits per heavy atom. The Hall–Kier alpha value is -2.11. The normalized spacial score (nSPS) is 20.4. The molecule has 0 spiro atoms. The van der Waals surface area contributed by atoms with E-state index in [4.69, 9.17) is 0 Å². The first-order valence-electron chi connectivity index (χ1n) is 10.4. The molecular formula is C23H30ClN3O2. The Bertz CT molecular complexity index is 859. The maximum atomic E-state index is 13.1. The van der Waals surface area contributed by atoms with E-state index in [2.05, 4.69) is 5.32 Å². The molecule has 4 rings (SSSR count). The quantitative estimate of drug-likeness (QED) is 0.836. The first-order chi connectivity index (χ1) is 13.7. The standard InChI is InChI=1S/C23H29N3O2.ClH/c1-24-19-8-5-13-26(16-19)22(27)18-11-14-25(15-12-18)23(28)21-10-4-7-17-6-2-3-9-20(17)21;/h2-4,6-7,9-10,18-19,24H,5,8,11-16H2,1H3;1H. The summed E-state index contributed by atoms with van der Waals surface area (Å²) in [6.45, 7) is 2.99. The molecule has 0 radical (unpaired) electrons. The minimum atomic E-state index is 0. The van der Waals surface area contributed by atoms with Gasteiger partial charge >= 0.3 is 0 Å². The van der Waals surface area contributed by atoms with Gasteiger partial charge in [-0.3, -0.25) is 9.59 Å². The summed E-state index contributed by atoms with van der Waals surface area (Å²) in [5, 5.41) is 5.39. The number of piperidine rings is 2. The lowest BCUT2D eigenvalue weighted by Gasteiger charge is -2.37. The van der Waals surface area contributed by atoms with Crippen molar-refractivity contribution >= 4 is 35.0 Å². The number of rotatable bonds is 3. The van der Waals surface area contributed by atoms with Crippen LogP contribution in [0.5, 0.6) is 0 Å². The van der Waals surface area contributed by atoms with Crippen LogP contribution in [0.2, 0.25) is 0 Å². The smallest absolute Gasteiger partial charge is 0.254 e. The second-order valence-electron chi connectivity index (χ2n) is 8.01. The fraction of sp³-hybridized carbons (Fsp3) is 0.478. The lowest BCUT2D eigenvalue weighted by Crippen LogP contribution is -2.50. The van der Waals surface area contributed by atoms with Crippen molar-refractivity contribution in [1.29, 1.82) is 0 Å². The summed E-state index contributed by atoms with van der Waals surface area (Å²) in [6, 6.07) is 14.3. The van der Waals surface area contributed by atoms with E-state index in [1.54, 1.807) is 0 Å². The zero-order valence-electron chi connectivity index (χ0n) is 17.0. The summed E-state index contributed by atoms with van der Waals surface area (Å²) in [5.41, 5.74) is 0.760. The third-order valence-electron chi connectivity index (χ3n) is 6.29. The molecular weight excluding hydrogens is 386 g/mol. The van der Waals surface area contributed by atoms with Gasteiger partial charge in [0.2, 0.25) is 5.91 Å². The van der Waals surface area contributed by atoms with Crippen LogP contribution in [-0.2, 0) is 4.79 Å². The maximum Gasteiger partial charge on any atom is 0.254 e. The Morgan fingerprint density at radius 1 is 0.931 bits per heavy atom. The number of benzene rings is 2. The fourth-order valence-corrected chi connectivity index (χ4v) is 4.58. The van der Waals surface area contributed by atoms with Gasteiger partial charge in [-0.1, -0.05) is 36.4 Å². The van der Waals surface area contributed by atoms with Gasteiger partial charge in [0.1, 0.15) is 0 Å². The highest BCUT2D eigenvalue weighted by molar-refractivity contribution is 6.07. The lowest BCUT2D eigenvalue weighted by atomic mass is 9.93. The molecule has 2 aliphatic heterocycles. The molecule has 2 aromatic rings. The molecule has 2 amide bonds. The number of carbonyl (C=O) groups excluding carboxylic acids is 2. The van der Waals surface area contributed by atoms with Crippen LogP contribution in [-0.4, -0.2) is 60.9 Å². The summed E-state index contributed by atoms with van der Waals surface area (Å²) in [7, 11) is 1.97. The Morgan fingerprint density at radius 2 is 1.66 bits per heavy atom. The first kappa shape index (κ1) is 21.6. The Kier molecular flexibility index (Phi) is 7.14. The van der Waals surface area contributed by atoms with Crippen LogP contribution in [0.3, 0.4) is 0 Å². The number of amides is 2. The fourth-order valence-electron chi connectivity index (χ4n) is 4.58. The number of fused-ring (bicyclic) bond motifs is 1. The molecule has 0 saturated carbocycles. The van der Waals surface area contributed by atoms with Gasteiger partial charge in [-0.25, -0.2) is 0 Å². The van der Waals surface area contributed by atoms with E-state index in [-0.39, 0.29) is 30.1 Å². The molecule has 6 heteroatoms. The third kappa shape index (κ3) is 4.57. The van der Waals surface area contributed by atoms with Crippen LogP contribution < -0.4 is 5.32 Å². The summed E-state index contributed by atoms with van der Waals surface area (Å²) < 4.78 is 0. The van der Waals surface area contributed by atoms with Crippen molar-refractivity contribution in [3.05, 3.63) is 48.0 Å². The van der Waals surface area contributed by atoms with E-state index in [0.29, 0.717) is 19.1 Å². The largest absolute Gasteiger partial charge is 0.341 e. The molecule has 156 valence electrons. The van der Waals surface area contributed by atoms with E-state index in [9.17, 15) is 9.59 Å². The average Bonchev–Trinajstić information content (AvgIpc) is 2.78. The third-order valence-corrected chi connectivity index (χ3v) is 6.29. The molecule has 2 heterocycles. The highest BCUT2D eigenvalue weighted by atomic mass is 35.5.